The summed E-state index contributed by atoms with van der Waals surface area (Å²) in [7, 11) is 2.18. The van der Waals surface area contributed by atoms with Crippen LogP contribution in [0.2, 0.25) is 0 Å². The number of carbonyl (C=O) groups excluding carboxylic acids is 2. The van der Waals surface area contributed by atoms with Crippen LogP contribution < -0.4 is 11.1 Å². The number of hydrogen-bond donors (Lipinski definition) is 4. The summed E-state index contributed by atoms with van der Waals surface area (Å²) in [5.74, 6) is -3.41. The minimum Gasteiger partial charge on any atom is -0.478 e. The Morgan fingerprint density at radius 2 is 2.02 bits per heavy atom. The Morgan fingerprint density at radius 1 is 1.30 bits per heavy atom. The van der Waals surface area contributed by atoms with Gasteiger partial charge < -0.3 is 30.6 Å². The second-order valence-corrected chi connectivity index (χ2v) is 12.6. The molecule has 1 unspecified atom stereocenters. The number of carbonyl (C=O) groups is 4. The van der Waals surface area contributed by atoms with Crippen LogP contribution in [0.1, 0.15) is 37.8 Å². The van der Waals surface area contributed by atoms with E-state index in [-0.39, 0.29) is 35.1 Å². The van der Waals surface area contributed by atoms with E-state index >= 15 is 0 Å². The highest BCUT2D eigenvalue weighted by molar-refractivity contribution is 8.00. The van der Waals surface area contributed by atoms with Gasteiger partial charge in [-0.2, -0.15) is 0 Å². The number of nitrogens with one attached hydrogen (secondary N) is 1. The van der Waals surface area contributed by atoms with Crippen LogP contribution in [0.15, 0.2) is 34.0 Å². The van der Waals surface area contributed by atoms with Crippen molar-refractivity contribution in [1.82, 2.24) is 15.2 Å². The van der Waals surface area contributed by atoms with Gasteiger partial charge in [-0.15, -0.1) is 23.1 Å². The molecule has 5 rings (SSSR count). The molecule has 3 fully saturated rings. The predicted octanol–water partition coefficient (Wildman–Crippen LogP) is 0.989. The highest BCUT2D eigenvalue weighted by atomic mass is 32.2. The minimum atomic E-state index is -1.52. The molecule has 0 radical (unpaired) electrons. The Morgan fingerprint density at radius 3 is 2.60 bits per heavy atom. The number of thioether (sulfide) groups is 1. The SMILES string of the molecule is C[N+]1(CC=CC2=C(C(=O)O)N3C(=O)C(NC(=O)/C(=N\OC4(C(=O)O)CCC4)c4csc(N)n4)[C@H]3SC2)CCCC1. The van der Waals surface area contributed by atoms with Crippen LogP contribution in [-0.2, 0) is 24.0 Å². The number of nitrogen functional groups attached to an aromatic ring is 1. The minimum absolute atomic E-state index is 0.0766. The molecule has 1 saturated carbocycles. The molecule has 0 spiro atoms. The zero-order chi connectivity index (χ0) is 28.7. The van der Waals surface area contributed by atoms with Crippen molar-refractivity contribution in [1.29, 1.82) is 0 Å². The van der Waals surface area contributed by atoms with Gasteiger partial charge in [0.25, 0.3) is 11.8 Å². The molecule has 2 atom stereocenters. The molecule has 1 aromatic rings. The van der Waals surface area contributed by atoms with Crippen LogP contribution in [0.3, 0.4) is 0 Å². The molecule has 2 amide bonds. The number of likely N-dealkylation sites (tertiary alicyclic amines) is 1. The predicted molar refractivity (Wildman–Crippen MR) is 147 cm³/mol. The molecule has 40 heavy (non-hydrogen) atoms. The molecule has 3 aliphatic heterocycles. The fourth-order valence-electron chi connectivity index (χ4n) is 5.29. The van der Waals surface area contributed by atoms with Gasteiger partial charge in [0.1, 0.15) is 22.8 Å². The molecule has 4 heterocycles. The van der Waals surface area contributed by atoms with Gasteiger partial charge in [0.2, 0.25) is 5.60 Å². The smallest absolute Gasteiger partial charge is 0.352 e. The van der Waals surface area contributed by atoms with Gasteiger partial charge in [-0.05, 0) is 18.1 Å². The third kappa shape index (κ3) is 5.20. The van der Waals surface area contributed by atoms with Gasteiger partial charge in [-0.3, -0.25) is 14.5 Å². The first-order valence-electron chi connectivity index (χ1n) is 13.0. The van der Waals surface area contributed by atoms with E-state index in [1.54, 1.807) is 6.08 Å². The van der Waals surface area contributed by atoms with Crippen molar-refractivity contribution in [3.63, 3.8) is 0 Å². The van der Waals surface area contributed by atoms with E-state index < -0.39 is 40.8 Å². The van der Waals surface area contributed by atoms with Crippen LogP contribution in [0, 0.1) is 0 Å². The highest BCUT2D eigenvalue weighted by Crippen LogP contribution is 2.41. The number of likely N-dealkylation sites (N-methyl/N-ethyl adjacent to an activating group) is 1. The number of rotatable bonds is 10. The molecule has 0 aromatic carbocycles. The molecular formula is C25H31N6O7S2+. The lowest BCUT2D eigenvalue weighted by atomic mass is 9.80. The van der Waals surface area contributed by atoms with E-state index in [0.717, 1.165) is 35.5 Å². The standard InChI is InChI=1S/C25H30N6O7S2/c1-31(9-2-3-10-31)11-4-6-14-12-39-21-17(20(33)30(21)18(14)22(34)35)28-19(32)16(15-13-40-24(26)27-15)29-38-25(23(36)37)7-5-8-25/h4,6,13,17,21H,2-3,5,7-12H2,1H3,(H4-,26,27,28,32,34,35,36,37)/p+1/b6-4?,29-16-/t17?,21-/m1/s1. The molecule has 1 aromatic heterocycles. The number of carboxylic acids is 2. The van der Waals surface area contributed by atoms with Crippen molar-refractivity contribution in [2.24, 2.45) is 5.16 Å². The number of allylic oxidation sites excluding steroid dienone is 1. The number of thiazole rings is 1. The Hall–Kier alpha value is -3.43. The van der Waals surface area contributed by atoms with Gasteiger partial charge in [0, 0.05) is 36.8 Å². The van der Waals surface area contributed by atoms with Crippen molar-refractivity contribution in [2.75, 3.05) is 38.2 Å². The largest absolute Gasteiger partial charge is 0.478 e. The zero-order valence-corrected chi connectivity index (χ0v) is 23.5. The maximum absolute atomic E-state index is 13.3. The number of carboxylic acid groups (broad SMARTS) is 2. The molecule has 5 N–H and O–H groups in total. The van der Waals surface area contributed by atoms with E-state index in [9.17, 15) is 29.4 Å². The molecule has 0 bridgehead atoms. The highest BCUT2D eigenvalue weighted by Gasteiger charge is 2.54. The average molecular weight is 592 g/mol. The first-order chi connectivity index (χ1) is 19.0. The monoisotopic (exact) mass is 591 g/mol. The number of fused-ring (bicyclic) bond motifs is 1. The number of anilines is 1. The van der Waals surface area contributed by atoms with Crippen molar-refractivity contribution >= 4 is 57.7 Å². The van der Waals surface area contributed by atoms with Crippen LogP contribution in [0.25, 0.3) is 0 Å². The molecule has 15 heteroatoms. The van der Waals surface area contributed by atoms with E-state index in [1.165, 1.54) is 34.9 Å². The average Bonchev–Trinajstić information content (AvgIpc) is 3.51. The Balaban J connectivity index is 1.32. The van der Waals surface area contributed by atoms with E-state index in [2.05, 4.69) is 22.5 Å². The maximum Gasteiger partial charge on any atom is 0.352 e. The van der Waals surface area contributed by atoms with Crippen LogP contribution in [0.5, 0.6) is 0 Å². The molecule has 2 saturated heterocycles. The summed E-state index contributed by atoms with van der Waals surface area (Å²) in [6.45, 7) is 2.95. The third-order valence-electron chi connectivity index (χ3n) is 7.84. The number of hydrogen-bond acceptors (Lipinski definition) is 10. The summed E-state index contributed by atoms with van der Waals surface area (Å²) in [5.41, 5.74) is 4.42. The quantitative estimate of drug-likeness (QED) is 0.132. The van der Waals surface area contributed by atoms with E-state index in [0.29, 0.717) is 17.7 Å². The number of amides is 2. The third-order valence-corrected chi connectivity index (χ3v) is 9.82. The zero-order valence-electron chi connectivity index (χ0n) is 21.9. The number of oxime groups is 1. The molecule has 4 aliphatic rings. The van der Waals surface area contributed by atoms with Crippen LogP contribution >= 0.6 is 23.1 Å². The number of nitrogens with two attached hydrogens (primary N) is 1. The number of β-lactam (4-membered cyclic amide) rings is 1. The summed E-state index contributed by atoms with van der Waals surface area (Å²) < 4.78 is 0.907. The normalized spacial score (nSPS) is 25.3. The van der Waals surface area contributed by atoms with Gasteiger partial charge in [-0.25, -0.2) is 14.6 Å². The summed E-state index contributed by atoms with van der Waals surface area (Å²) in [6, 6.07) is -1.01. The fraction of sp³-hybridized carbons (Fsp3) is 0.520. The van der Waals surface area contributed by atoms with Gasteiger partial charge in [0.15, 0.2) is 10.8 Å². The first-order valence-corrected chi connectivity index (χ1v) is 14.9. The Bertz CT molecular complexity index is 1330. The molecule has 13 nitrogen and oxygen atoms in total. The van der Waals surface area contributed by atoms with Crippen LogP contribution in [-0.4, -0.2) is 103 Å². The van der Waals surface area contributed by atoms with Crippen LogP contribution in [0.4, 0.5) is 5.13 Å². The lowest BCUT2D eigenvalue weighted by Gasteiger charge is -2.49. The summed E-state index contributed by atoms with van der Waals surface area (Å²) >= 11 is 2.41. The lowest BCUT2D eigenvalue weighted by Crippen LogP contribution is -2.71. The second kappa shape index (κ2) is 10.9. The number of aliphatic carboxylic acids is 2. The summed E-state index contributed by atoms with van der Waals surface area (Å²) in [5, 5.41) is 27.0. The fourth-order valence-corrected chi connectivity index (χ4v) is 7.15. The molecular weight excluding hydrogens is 560 g/mol. The van der Waals surface area contributed by atoms with Gasteiger partial charge in [0.05, 0.1) is 26.7 Å². The van der Waals surface area contributed by atoms with E-state index in [4.69, 9.17) is 10.6 Å². The molecule has 1 aliphatic carbocycles. The first kappa shape index (κ1) is 28.1. The topological polar surface area (TPSA) is 185 Å². The summed E-state index contributed by atoms with van der Waals surface area (Å²) in [6.07, 6.45) is 7.25. The number of nitrogens with zero attached hydrogens (tertiary/aromatic N) is 4. The maximum atomic E-state index is 13.3. The molecule has 214 valence electrons. The van der Waals surface area contributed by atoms with Crippen molar-refractivity contribution in [3.05, 3.63) is 34.5 Å². The van der Waals surface area contributed by atoms with Crippen molar-refractivity contribution in [2.45, 2.75) is 49.1 Å². The van der Waals surface area contributed by atoms with Crippen molar-refractivity contribution < 1.29 is 38.7 Å². The number of quaternary nitrogens is 1. The van der Waals surface area contributed by atoms with E-state index in [1.807, 2.05) is 6.08 Å². The summed E-state index contributed by atoms with van der Waals surface area (Å²) in [4.78, 5) is 60.9. The Labute approximate surface area is 238 Å². The van der Waals surface area contributed by atoms with Gasteiger partial charge in [-0.1, -0.05) is 11.2 Å². The number of aromatic nitrogens is 1. The second-order valence-electron chi connectivity index (χ2n) is 10.7. The van der Waals surface area contributed by atoms with Gasteiger partial charge >= 0.3 is 11.9 Å². The lowest BCUT2D eigenvalue weighted by molar-refractivity contribution is -0.891. The Kier molecular flexibility index (Phi) is 7.63. The van der Waals surface area contributed by atoms with Crippen molar-refractivity contribution in [3.8, 4) is 0 Å².